The molecule has 1 aromatic carbocycles. The fourth-order valence-electron chi connectivity index (χ4n) is 2.97. The van der Waals surface area contributed by atoms with Crippen molar-refractivity contribution in [1.82, 2.24) is 24.8 Å². The predicted octanol–water partition coefficient (Wildman–Crippen LogP) is 3.05. The summed E-state index contributed by atoms with van der Waals surface area (Å²) in [7, 11) is 5.48. The van der Waals surface area contributed by atoms with Crippen molar-refractivity contribution in [2.45, 2.75) is 32.7 Å². The lowest BCUT2D eigenvalue weighted by Crippen LogP contribution is -2.18. The number of hydrogen-bond acceptors (Lipinski definition) is 6. The average Bonchev–Trinajstić information content (AvgIpc) is 3.14. The van der Waals surface area contributed by atoms with E-state index in [0.29, 0.717) is 25.4 Å². The molecule has 0 aliphatic rings. The average molecular weight is 396 g/mol. The van der Waals surface area contributed by atoms with Crippen molar-refractivity contribution in [2.24, 2.45) is 0 Å². The molecule has 0 atom stereocenters. The molecule has 2 aromatic heterocycles. The summed E-state index contributed by atoms with van der Waals surface area (Å²) in [4.78, 5) is 27.2. The topological polar surface area (TPSA) is 85.2 Å². The highest BCUT2D eigenvalue weighted by atomic mass is 16.5. The van der Waals surface area contributed by atoms with Gasteiger partial charge in [-0.3, -0.25) is 4.79 Å². The summed E-state index contributed by atoms with van der Waals surface area (Å²) in [6.45, 7) is 4.68. The molecule has 0 spiro atoms. The molecule has 8 heteroatoms. The second kappa shape index (κ2) is 8.89. The summed E-state index contributed by atoms with van der Waals surface area (Å²) >= 11 is 0. The molecule has 0 aliphatic carbocycles. The van der Waals surface area contributed by atoms with E-state index in [4.69, 9.17) is 14.7 Å². The number of hydrogen-bond donors (Lipinski definition) is 1. The number of imidazole rings is 1. The van der Waals surface area contributed by atoms with Gasteiger partial charge in [0.05, 0.1) is 12.9 Å². The van der Waals surface area contributed by atoms with Crippen LogP contribution >= 0.6 is 0 Å². The highest BCUT2D eigenvalue weighted by molar-refractivity contribution is 5.88. The monoisotopic (exact) mass is 396 g/mol. The zero-order valence-corrected chi connectivity index (χ0v) is 17.6. The molecule has 0 saturated heterocycles. The summed E-state index contributed by atoms with van der Waals surface area (Å²) in [6.07, 6.45) is 2.92. The zero-order chi connectivity index (χ0) is 21.0. The van der Waals surface area contributed by atoms with Crippen LogP contribution in [-0.2, 0) is 4.79 Å². The van der Waals surface area contributed by atoms with Crippen LogP contribution in [0.1, 0.15) is 32.7 Å². The lowest BCUT2D eigenvalue weighted by molar-refractivity contribution is -0.120. The van der Waals surface area contributed by atoms with E-state index in [0.717, 1.165) is 28.2 Å². The van der Waals surface area contributed by atoms with Crippen molar-refractivity contribution < 1.29 is 9.53 Å². The Kier molecular flexibility index (Phi) is 6.31. The smallest absolute Gasteiger partial charge is 0.227 e. The number of benzene rings is 1. The van der Waals surface area contributed by atoms with Crippen molar-refractivity contribution in [2.75, 3.05) is 32.6 Å². The van der Waals surface area contributed by atoms with E-state index in [9.17, 15) is 4.79 Å². The number of carbonyl (C=O) groups is 1. The Bertz CT molecular complexity index is 996. The highest BCUT2D eigenvalue weighted by Crippen LogP contribution is 2.30. The summed E-state index contributed by atoms with van der Waals surface area (Å²) in [5, 5.41) is 2.61. The van der Waals surface area contributed by atoms with Gasteiger partial charge in [-0.05, 0) is 32.4 Å². The second-order valence-electron chi connectivity index (χ2n) is 7.34. The minimum absolute atomic E-state index is 0.0164. The lowest BCUT2D eigenvalue weighted by atomic mass is 10.1. The first-order chi connectivity index (χ1) is 13.9. The third-order valence-corrected chi connectivity index (χ3v) is 4.57. The van der Waals surface area contributed by atoms with Gasteiger partial charge >= 0.3 is 0 Å². The molecule has 8 nitrogen and oxygen atoms in total. The van der Waals surface area contributed by atoms with Crippen molar-refractivity contribution in [1.29, 1.82) is 0 Å². The number of fused-ring (bicyclic) bond motifs is 1. The maximum absolute atomic E-state index is 11.3. The van der Waals surface area contributed by atoms with Gasteiger partial charge in [-0.15, -0.1) is 0 Å². The summed E-state index contributed by atoms with van der Waals surface area (Å²) in [6, 6.07) is 8.03. The number of ether oxygens (including phenoxy) is 1. The van der Waals surface area contributed by atoms with E-state index in [1.54, 1.807) is 7.05 Å². The number of carbonyl (C=O) groups excluding carboxylic acids is 1. The molecule has 1 amide bonds. The van der Waals surface area contributed by atoms with Crippen LogP contribution < -0.4 is 15.0 Å². The molecule has 1 N–H and O–H groups in total. The normalized spacial score (nSPS) is 11.1. The summed E-state index contributed by atoms with van der Waals surface area (Å²) in [5.41, 5.74) is 3.26. The minimum Gasteiger partial charge on any atom is -0.494 e. The fraction of sp³-hybridized carbons (Fsp3) is 0.429. The van der Waals surface area contributed by atoms with E-state index >= 15 is 0 Å². The van der Waals surface area contributed by atoms with E-state index in [-0.39, 0.29) is 11.9 Å². The van der Waals surface area contributed by atoms with Crippen molar-refractivity contribution in [3.8, 4) is 17.0 Å². The van der Waals surface area contributed by atoms with Gasteiger partial charge in [0.25, 0.3) is 0 Å². The van der Waals surface area contributed by atoms with Crippen LogP contribution in [0.5, 0.6) is 5.75 Å². The Balaban J connectivity index is 1.92. The first-order valence-electron chi connectivity index (χ1n) is 9.76. The first kappa shape index (κ1) is 20.6. The van der Waals surface area contributed by atoms with Crippen molar-refractivity contribution in [3.05, 3.63) is 30.6 Å². The largest absolute Gasteiger partial charge is 0.494 e. The summed E-state index contributed by atoms with van der Waals surface area (Å²) in [5.74, 6) is 1.38. The molecule has 0 bridgehead atoms. The number of nitrogens with one attached hydrogen (secondary N) is 1. The number of nitrogens with zero attached hydrogens (tertiary/aromatic N) is 5. The first-order valence-corrected chi connectivity index (χ1v) is 9.76. The van der Waals surface area contributed by atoms with Crippen molar-refractivity contribution in [3.63, 3.8) is 0 Å². The van der Waals surface area contributed by atoms with Crippen LogP contribution in [0.4, 0.5) is 5.95 Å². The molecule has 0 aliphatic heterocycles. The molecular formula is C21H28N6O2. The molecular weight excluding hydrogens is 368 g/mol. The number of anilines is 1. The lowest BCUT2D eigenvalue weighted by Gasteiger charge is -2.14. The number of rotatable bonds is 8. The molecule has 3 rings (SSSR count). The molecule has 0 saturated carbocycles. The molecule has 0 radical (unpaired) electrons. The van der Waals surface area contributed by atoms with Crippen LogP contribution in [0, 0.1) is 0 Å². The predicted molar refractivity (Wildman–Crippen MR) is 114 cm³/mol. The Morgan fingerprint density at radius 2 is 2.07 bits per heavy atom. The van der Waals surface area contributed by atoms with Gasteiger partial charge in [0.2, 0.25) is 11.9 Å². The third kappa shape index (κ3) is 4.64. The van der Waals surface area contributed by atoms with Crippen molar-refractivity contribution >= 4 is 23.0 Å². The minimum atomic E-state index is 0.0164. The van der Waals surface area contributed by atoms with Crippen LogP contribution in [-0.4, -0.2) is 53.2 Å². The number of amides is 1. The molecule has 154 valence electrons. The third-order valence-electron chi connectivity index (χ3n) is 4.57. The molecule has 3 aromatic rings. The molecule has 2 heterocycles. The van der Waals surface area contributed by atoms with E-state index in [2.05, 4.69) is 24.1 Å². The fourth-order valence-corrected chi connectivity index (χ4v) is 2.97. The van der Waals surface area contributed by atoms with Gasteiger partial charge in [-0.2, -0.15) is 4.98 Å². The van der Waals surface area contributed by atoms with Gasteiger partial charge in [-0.1, -0.05) is 12.1 Å². The van der Waals surface area contributed by atoms with E-state index < -0.39 is 0 Å². The Labute approximate surface area is 170 Å². The number of aromatic nitrogens is 4. The molecule has 0 fully saturated rings. The quantitative estimate of drug-likeness (QED) is 0.589. The van der Waals surface area contributed by atoms with E-state index in [1.165, 1.54) is 0 Å². The maximum Gasteiger partial charge on any atom is 0.227 e. The SMILES string of the molecule is CNC(=O)CCCOc1cccc(-c2nc(N(C)C)nc3c2ncn3C(C)C)c1. The Morgan fingerprint density at radius 3 is 2.76 bits per heavy atom. The standard InChI is InChI=1S/C21H28N6O2/c1-14(2)27-13-23-19-18(24-21(26(4)5)25-20(19)27)15-8-6-9-16(12-15)29-11-7-10-17(28)22-3/h6,8-9,12-14H,7,10-11H2,1-5H3,(H,22,28). The second-order valence-corrected chi connectivity index (χ2v) is 7.34. The summed E-state index contributed by atoms with van der Waals surface area (Å²) < 4.78 is 7.89. The van der Waals surface area contributed by atoms with Crippen LogP contribution in [0.25, 0.3) is 22.4 Å². The van der Waals surface area contributed by atoms with Crippen LogP contribution in [0.3, 0.4) is 0 Å². The molecule has 0 unspecified atom stereocenters. The Hall–Kier alpha value is -3.16. The van der Waals surface area contributed by atoms with Gasteiger partial charge in [0.15, 0.2) is 5.65 Å². The van der Waals surface area contributed by atoms with Crippen LogP contribution in [0.15, 0.2) is 30.6 Å². The zero-order valence-electron chi connectivity index (χ0n) is 17.6. The molecule has 29 heavy (non-hydrogen) atoms. The van der Waals surface area contributed by atoms with Gasteiger partial charge < -0.3 is 19.5 Å². The van der Waals surface area contributed by atoms with Gasteiger partial charge in [0, 0.05) is 39.2 Å². The Morgan fingerprint density at radius 1 is 1.28 bits per heavy atom. The highest BCUT2D eigenvalue weighted by Gasteiger charge is 2.17. The maximum atomic E-state index is 11.3. The van der Waals surface area contributed by atoms with E-state index in [1.807, 2.05) is 54.2 Å². The van der Waals surface area contributed by atoms with Crippen LogP contribution in [0.2, 0.25) is 0 Å². The van der Waals surface area contributed by atoms with Gasteiger partial charge in [0.1, 0.15) is 17.0 Å². The van der Waals surface area contributed by atoms with Gasteiger partial charge in [-0.25, -0.2) is 9.97 Å².